The van der Waals surface area contributed by atoms with Gasteiger partial charge < -0.3 is 8.23 Å². The normalized spacial score (nSPS) is 15.0. The van der Waals surface area contributed by atoms with Gasteiger partial charge in [0.05, 0.1) is 8.07 Å². The van der Waals surface area contributed by atoms with Crippen LogP contribution in [0.3, 0.4) is 0 Å². The van der Waals surface area contributed by atoms with Crippen LogP contribution in [-0.2, 0) is 8.23 Å². The number of hydrogen-bond acceptors (Lipinski definition) is 2. The number of allylic oxidation sites excluding steroid dienone is 1. The standard InChI is InChI=1S/C18H44O2Si5/c1-12-25(13-2,19-23(8,9)16-14-15-21(3)4)20-24(10,11)18-17-22(5,6)7/h14,16-18,21H,12-13,15H2,1-11H3. The quantitative estimate of drug-likeness (QED) is 0.348. The van der Waals surface area contributed by atoms with Gasteiger partial charge in [0.15, 0.2) is 16.6 Å². The Morgan fingerprint density at radius 1 is 0.720 bits per heavy atom. The number of rotatable bonds is 11. The van der Waals surface area contributed by atoms with Crippen molar-refractivity contribution in [3.8, 4) is 0 Å². The molecule has 2 nitrogen and oxygen atoms in total. The molecule has 0 bridgehead atoms. The van der Waals surface area contributed by atoms with Gasteiger partial charge in [-0.3, -0.25) is 0 Å². The van der Waals surface area contributed by atoms with E-state index in [1.807, 2.05) is 0 Å². The van der Waals surface area contributed by atoms with Crippen LogP contribution in [0, 0.1) is 0 Å². The molecule has 0 saturated carbocycles. The molecular formula is C18H44O2Si5. The van der Waals surface area contributed by atoms with Crippen LogP contribution in [0.5, 0.6) is 0 Å². The Morgan fingerprint density at radius 3 is 1.52 bits per heavy atom. The van der Waals surface area contributed by atoms with Crippen molar-refractivity contribution >= 4 is 42.1 Å². The molecule has 7 heteroatoms. The molecule has 0 N–H and O–H groups in total. The molecule has 0 aromatic heterocycles. The average Bonchev–Trinajstić information content (AvgIpc) is 2.42. The molecule has 0 rings (SSSR count). The van der Waals surface area contributed by atoms with E-state index in [9.17, 15) is 0 Å². The molecule has 25 heavy (non-hydrogen) atoms. The van der Waals surface area contributed by atoms with Crippen LogP contribution in [0.25, 0.3) is 0 Å². The van der Waals surface area contributed by atoms with Crippen LogP contribution in [0.1, 0.15) is 13.8 Å². The molecule has 0 atom stereocenters. The molecule has 0 heterocycles. The second-order valence-corrected chi connectivity index (χ2v) is 30.0. The van der Waals surface area contributed by atoms with Gasteiger partial charge in [0.2, 0.25) is 0 Å². The van der Waals surface area contributed by atoms with E-state index in [4.69, 9.17) is 8.23 Å². The van der Waals surface area contributed by atoms with Crippen molar-refractivity contribution in [3.63, 3.8) is 0 Å². The largest absolute Gasteiger partial charge is 0.433 e. The van der Waals surface area contributed by atoms with Crippen LogP contribution in [0.15, 0.2) is 23.2 Å². The van der Waals surface area contributed by atoms with Crippen LogP contribution >= 0.6 is 0 Å². The molecule has 0 aliphatic heterocycles. The lowest BCUT2D eigenvalue weighted by Gasteiger charge is -2.40. The van der Waals surface area contributed by atoms with Gasteiger partial charge in [-0.15, -0.1) is 5.70 Å². The Balaban J connectivity index is 5.28. The highest BCUT2D eigenvalue weighted by Crippen LogP contribution is 2.28. The van der Waals surface area contributed by atoms with E-state index in [0.29, 0.717) is 0 Å². The minimum Gasteiger partial charge on any atom is -0.433 e. The smallest absolute Gasteiger partial charge is 0.317 e. The molecule has 148 valence electrons. The summed E-state index contributed by atoms with van der Waals surface area (Å²) in [5, 5.41) is 0. The number of hydrogen-bond donors (Lipinski definition) is 0. The summed E-state index contributed by atoms with van der Waals surface area (Å²) in [6.45, 7) is 25.8. The Morgan fingerprint density at radius 2 is 1.16 bits per heavy atom. The highest BCUT2D eigenvalue weighted by atomic mass is 28.5. The van der Waals surface area contributed by atoms with Crippen molar-refractivity contribution in [2.24, 2.45) is 0 Å². The second kappa shape index (κ2) is 10.1. The van der Waals surface area contributed by atoms with Gasteiger partial charge in [-0.25, -0.2) is 0 Å². The second-order valence-electron chi connectivity index (χ2n) is 9.76. The lowest BCUT2D eigenvalue weighted by atomic mass is 10.8. The fraction of sp³-hybridized carbons (Fsp3) is 0.778. The summed E-state index contributed by atoms with van der Waals surface area (Å²) in [6.07, 6.45) is 2.39. The summed E-state index contributed by atoms with van der Waals surface area (Å²) in [5.41, 5.74) is 7.28. The van der Waals surface area contributed by atoms with Crippen molar-refractivity contribution in [2.45, 2.75) is 90.9 Å². The van der Waals surface area contributed by atoms with E-state index < -0.39 is 42.1 Å². The first-order valence-electron chi connectivity index (χ1n) is 9.94. The third-order valence-electron chi connectivity index (χ3n) is 4.09. The molecule has 0 aliphatic rings. The molecule has 0 radical (unpaired) electrons. The monoisotopic (exact) mass is 432 g/mol. The molecule has 0 amide bonds. The zero-order chi connectivity index (χ0) is 19.9. The van der Waals surface area contributed by atoms with Gasteiger partial charge in [0.25, 0.3) is 0 Å². The van der Waals surface area contributed by atoms with Crippen LogP contribution in [0.2, 0.25) is 77.1 Å². The van der Waals surface area contributed by atoms with Crippen molar-refractivity contribution in [2.75, 3.05) is 0 Å². The Bertz CT molecular complexity index is 447. The minimum atomic E-state index is -2.14. The zero-order valence-corrected chi connectivity index (χ0v) is 24.0. The fourth-order valence-electron chi connectivity index (χ4n) is 2.66. The third kappa shape index (κ3) is 11.7. The van der Waals surface area contributed by atoms with Gasteiger partial charge >= 0.3 is 8.56 Å². The molecule has 0 aromatic carbocycles. The Labute approximate surface area is 164 Å². The third-order valence-corrected chi connectivity index (χ3v) is 18.1. The minimum absolute atomic E-state index is 0.527. The zero-order valence-electron chi connectivity index (χ0n) is 18.8. The van der Waals surface area contributed by atoms with Gasteiger partial charge in [-0.1, -0.05) is 64.1 Å². The molecule has 0 unspecified atom stereocenters. The van der Waals surface area contributed by atoms with E-state index >= 15 is 0 Å². The molecule has 0 fully saturated rings. The summed E-state index contributed by atoms with van der Waals surface area (Å²) in [4.78, 5) is 0. The highest BCUT2D eigenvalue weighted by molar-refractivity contribution is 6.92. The first kappa shape index (κ1) is 25.5. The maximum Gasteiger partial charge on any atom is 0.317 e. The summed E-state index contributed by atoms with van der Waals surface area (Å²) in [5.74, 6) is 0. The maximum atomic E-state index is 6.88. The first-order chi connectivity index (χ1) is 11.2. The van der Waals surface area contributed by atoms with E-state index in [2.05, 4.69) is 95.9 Å². The Hall–Kier alpha value is 0.484. The first-order valence-corrected chi connectivity index (χ1v) is 24.8. The van der Waals surface area contributed by atoms with E-state index in [1.54, 1.807) is 0 Å². The van der Waals surface area contributed by atoms with E-state index in [-0.39, 0.29) is 0 Å². The molecule has 0 aromatic rings. The van der Waals surface area contributed by atoms with E-state index in [0.717, 1.165) is 12.1 Å². The predicted molar refractivity (Wildman–Crippen MR) is 129 cm³/mol. The lowest BCUT2D eigenvalue weighted by molar-refractivity contribution is 0.381. The van der Waals surface area contributed by atoms with Crippen LogP contribution in [-0.4, -0.2) is 42.1 Å². The predicted octanol–water partition coefficient (Wildman–Crippen LogP) is 6.47. The molecule has 0 spiro atoms. The van der Waals surface area contributed by atoms with Gasteiger partial charge in [-0.05, 0) is 44.3 Å². The van der Waals surface area contributed by atoms with Gasteiger partial charge in [0.1, 0.15) is 0 Å². The molecular weight excluding hydrogens is 389 g/mol. The van der Waals surface area contributed by atoms with Crippen LogP contribution < -0.4 is 0 Å². The van der Waals surface area contributed by atoms with Gasteiger partial charge in [0, 0.05) is 8.80 Å². The Kier molecular flexibility index (Phi) is 10.3. The van der Waals surface area contributed by atoms with E-state index in [1.165, 1.54) is 6.04 Å². The van der Waals surface area contributed by atoms with Crippen LogP contribution in [0.4, 0.5) is 0 Å². The summed E-state index contributed by atoms with van der Waals surface area (Å²) in [6, 6.07) is 3.36. The van der Waals surface area contributed by atoms with Crippen molar-refractivity contribution in [3.05, 3.63) is 23.2 Å². The summed E-state index contributed by atoms with van der Waals surface area (Å²) >= 11 is 0. The summed E-state index contributed by atoms with van der Waals surface area (Å²) in [7, 11) is -7.52. The lowest BCUT2D eigenvalue weighted by Crippen LogP contribution is -2.54. The van der Waals surface area contributed by atoms with Gasteiger partial charge in [-0.2, -0.15) is 0 Å². The highest BCUT2D eigenvalue weighted by Gasteiger charge is 2.43. The maximum absolute atomic E-state index is 6.88. The van der Waals surface area contributed by atoms with Crippen molar-refractivity contribution in [1.29, 1.82) is 0 Å². The average molecular weight is 433 g/mol. The fourth-order valence-corrected chi connectivity index (χ4v) is 19.5. The SMILES string of the molecule is CC[Si](CC)(O[Si](C)(C)C=CC[SiH](C)C)O[Si](C)(C)C=C[Si](C)(C)C. The summed E-state index contributed by atoms with van der Waals surface area (Å²) < 4.78 is 13.8. The van der Waals surface area contributed by atoms with Crippen molar-refractivity contribution < 1.29 is 8.23 Å². The topological polar surface area (TPSA) is 18.5 Å². The van der Waals surface area contributed by atoms with Crippen molar-refractivity contribution in [1.82, 2.24) is 0 Å². The molecule has 0 aliphatic carbocycles. The molecule has 0 saturated heterocycles.